The van der Waals surface area contributed by atoms with Crippen LogP contribution in [0.4, 0.5) is 0 Å². The summed E-state index contributed by atoms with van der Waals surface area (Å²) in [6.45, 7) is 12.0. The molecule has 2 N–H and O–H groups in total. The molecule has 0 spiro atoms. The van der Waals surface area contributed by atoms with Crippen molar-refractivity contribution < 1.29 is 54.3 Å². The first-order valence-corrected chi connectivity index (χ1v) is 11.5. The molecule has 0 aliphatic heterocycles. The standard InChI is InChI=1S/3C6H10O3.2C3H7O.Al/c3*1-2-3-5(7)4-6(8)9;2*1-3(2)4;/h3*2-4H2,1H3,(H,8,9);2*3H,1-2H3;/q;;;2*-1;+3/p-1. The number of rotatable bonds is 12. The molecule has 0 aliphatic rings. The molecule has 0 amide bonds. The van der Waals surface area contributed by atoms with E-state index in [0.29, 0.717) is 25.7 Å². The van der Waals surface area contributed by atoms with Gasteiger partial charge in [-0.15, -0.1) is 12.2 Å². The Morgan fingerprint density at radius 1 is 0.583 bits per heavy atom. The van der Waals surface area contributed by atoms with E-state index in [1.807, 2.05) is 20.8 Å². The van der Waals surface area contributed by atoms with Gasteiger partial charge in [-0.2, -0.15) is 0 Å². The third-order valence-electron chi connectivity index (χ3n) is 2.62. The Morgan fingerprint density at radius 3 is 0.917 bits per heavy atom. The molecule has 0 saturated heterocycles. The number of carbonyl (C=O) groups is 6. The van der Waals surface area contributed by atoms with Crippen molar-refractivity contribution in [3.05, 3.63) is 0 Å². The van der Waals surface area contributed by atoms with Crippen LogP contribution in [0.1, 0.15) is 106 Å². The molecule has 0 aliphatic carbocycles. The summed E-state index contributed by atoms with van der Waals surface area (Å²) in [5, 5.41) is 45.0. The molecular formula is C24H43AlO11. The molecule has 0 heterocycles. The van der Waals surface area contributed by atoms with Gasteiger partial charge < -0.3 is 30.3 Å². The number of Topliss-reactive ketones (excluding diaryl/α,β-unsaturated/α-hetero) is 3. The molecule has 0 aromatic carbocycles. The zero-order valence-electron chi connectivity index (χ0n) is 22.7. The Balaban J connectivity index is -0.0000000807. The first-order valence-electron chi connectivity index (χ1n) is 11.5. The third-order valence-corrected chi connectivity index (χ3v) is 2.62. The normalized spacial score (nSPS) is 8.75. The summed E-state index contributed by atoms with van der Waals surface area (Å²) in [7, 11) is 0. The Hall–Kier alpha value is -2.13. The smallest absolute Gasteiger partial charge is 0.852 e. The first-order chi connectivity index (χ1) is 16.0. The van der Waals surface area contributed by atoms with Gasteiger partial charge in [-0.25, -0.2) is 0 Å². The van der Waals surface area contributed by atoms with Crippen LogP contribution in [0.3, 0.4) is 0 Å². The van der Waals surface area contributed by atoms with Gasteiger partial charge in [0.1, 0.15) is 30.2 Å². The molecule has 36 heavy (non-hydrogen) atoms. The second kappa shape index (κ2) is 35.0. The van der Waals surface area contributed by atoms with Gasteiger partial charge in [0.25, 0.3) is 0 Å². The Labute approximate surface area is 225 Å². The van der Waals surface area contributed by atoms with Gasteiger partial charge in [-0.05, 0) is 19.3 Å². The number of aliphatic carboxylic acids is 3. The molecule has 0 unspecified atom stereocenters. The first kappa shape index (κ1) is 47.1. The van der Waals surface area contributed by atoms with Crippen molar-refractivity contribution in [1.29, 1.82) is 0 Å². The van der Waals surface area contributed by atoms with Gasteiger partial charge in [-0.1, -0.05) is 48.5 Å². The maximum absolute atomic E-state index is 10.5. The quantitative estimate of drug-likeness (QED) is 0.256. The minimum atomic E-state index is -1.28. The molecule has 0 rings (SSSR count). The second-order valence-electron chi connectivity index (χ2n) is 7.65. The van der Waals surface area contributed by atoms with Gasteiger partial charge in [-0.3, -0.25) is 24.0 Å². The zero-order valence-corrected chi connectivity index (χ0v) is 23.8. The molecule has 12 heteroatoms. The van der Waals surface area contributed by atoms with Crippen LogP contribution < -0.4 is 15.3 Å². The van der Waals surface area contributed by atoms with Gasteiger partial charge in [0, 0.05) is 31.7 Å². The predicted molar refractivity (Wildman–Crippen MR) is 130 cm³/mol. The average Bonchev–Trinajstić information content (AvgIpc) is 2.60. The van der Waals surface area contributed by atoms with Crippen LogP contribution in [0.25, 0.3) is 0 Å². The fraction of sp³-hybridized carbons (Fsp3) is 0.750. The molecule has 0 radical (unpaired) electrons. The van der Waals surface area contributed by atoms with Crippen LogP contribution in [-0.2, 0) is 28.8 Å². The summed E-state index contributed by atoms with van der Waals surface area (Å²) in [6.07, 6.45) is 1.34. The van der Waals surface area contributed by atoms with Crippen molar-refractivity contribution in [3.8, 4) is 0 Å². The molecule has 0 fully saturated rings. The van der Waals surface area contributed by atoms with E-state index in [-0.39, 0.29) is 47.6 Å². The van der Waals surface area contributed by atoms with Crippen LogP contribution in [0.2, 0.25) is 0 Å². The average molecular weight is 535 g/mol. The van der Waals surface area contributed by atoms with Crippen molar-refractivity contribution in [2.75, 3.05) is 0 Å². The van der Waals surface area contributed by atoms with E-state index in [9.17, 15) is 44.1 Å². The van der Waals surface area contributed by atoms with E-state index >= 15 is 0 Å². The topological polar surface area (TPSA) is 212 Å². The number of hydrogen-bond donors (Lipinski definition) is 2. The molecule has 0 bridgehead atoms. The number of ketones is 3. The SMILES string of the molecule is CC(C)[O-].CC(C)[O-].CCCC(=O)CC(=O)O.CCCC(=O)CC(=O)O.CCCC(=O)CC(=O)[O-].[Al+3]. The molecule has 0 aromatic heterocycles. The van der Waals surface area contributed by atoms with E-state index in [2.05, 4.69) is 0 Å². The summed E-state index contributed by atoms with van der Waals surface area (Å²) in [5.74, 6) is -3.98. The van der Waals surface area contributed by atoms with Crippen molar-refractivity contribution in [1.82, 2.24) is 0 Å². The largest absolute Gasteiger partial charge is 3.00 e. The molecule has 0 saturated carbocycles. The number of carbonyl (C=O) groups excluding carboxylic acids is 4. The third kappa shape index (κ3) is 85.3. The summed E-state index contributed by atoms with van der Waals surface area (Å²) >= 11 is 0. The van der Waals surface area contributed by atoms with E-state index < -0.39 is 36.5 Å². The van der Waals surface area contributed by atoms with Gasteiger partial charge in [0.05, 0.1) is 0 Å². The maximum atomic E-state index is 10.5. The minimum absolute atomic E-state index is 0. The monoisotopic (exact) mass is 534 g/mol. The summed E-state index contributed by atoms with van der Waals surface area (Å²) in [6, 6.07) is 0. The van der Waals surface area contributed by atoms with Crippen molar-refractivity contribution in [2.45, 2.75) is 118 Å². The molecule has 0 atom stereocenters. The molecule has 0 aromatic rings. The molecular weight excluding hydrogens is 491 g/mol. The number of carboxylic acid groups (broad SMARTS) is 3. The molecule has 208 valence electrons. The Morgan fingerprint density at radius 2 is 0.778 bits per heavy atom. The van der Waals surface area contributed by atoms with Gasteiger partial charge in [0.2, 0.25) is 0 Å². The van der Waals surface area contributed by atoms with Crippen molar-refractivity contribution in [3.63, 3.8) is 0 Å². The number of hydrogen-bond acceptors (Lipinski definition) is 9. The Bertz CT molecular complexity index is 506. The van der Waals surface area contributed by atoms with E-state index in [4.69, 9.17) is 10.2 Å². The van der Waals surface area contributed by atoms with Crippen molar-refractivity contribution >= 4 is 52.6 Å². The van der Waals surface area contributed by atoms with Crippen LogP contribution in [-0.4, -0.2) is 75.0 Å². The zero-order chi connectivity index (χ0) is 29.0. The molecule has 11 nitrogen and oxygen atoms in total. The second-order valence-corrected chi connectivity index (χ2v) is 7.65. The summed E-state index contributed by atoms with van der Waals surface area (Å²) in [5.41, 5.74) is 0. The summed E-state index contributed by atoms with van der Waals surface area (Å²) in [4.78, 5) is 60.9. The Kier molecular flexibility index (Phi) is 45.9. The maximum Gasteiger partial charge on any atom is 3.00 e. The van der Waals surface area contributed by atoms with E-state index in [1.165, 1.54) is 0 Å². The van der Waals surface area contributed by atoms with Gasteiger partial charge in [0.15, 0.2) is 0 Å². The van der Waals surface area contributed by atoms with Gasteiger partial charge >= 0.3 is 29.3 Å². The van der Waals surface area contributed by atoms with Crippen LogP contribution in [0, 0.1) is 0 Å². The van der Waals surface area contributed by atoms with Crippen molar-refractivity contribution in [2.24, 2.45) is 0 Å². The van der Waals surface area contributed by atoms with Crippen LogP contribution >= 0.6 is 0 Å². The van der Waals surface area contributed by atoms with Crippen LogP contribution in [0.15, 0.2) is 0 Å². The van der Waals surface area contributed by atoms with Crippen LogP contribution in [0.5, 0.6) is 0 Å². The minimum Gasteiger partial charge on any atom is -0.852 e. The van der Waals surface area contributed by atoms with E-state index in [1.54, 1.807) is 27.7 Å². The fourth-order valence-corrected chi connectivity index (χ4v) is 1.60. The number of carboxylic acids is 3. The van der Waals surface area contributed by atoms with E-state index in [0.717, 1.165) is 12.8 Å². The summed E-state index contributed by atoms with van der Waals surface area (Å²) < 4.78 is 0. The fourth-order valence-electron chi connectivity index (χ4n) is 1.60. The predicted octanol–water partition coefficient (Wildman–Crippen LogP) is 0.286.